The van der Waals surface area contributed by atoms with Gasteiger partial charge in [0.25, 0.3) is 5.91 Å². The Morgan fingerprint density at radius 3 is 2.19 bits per heavy atom. The van der Waals surface area contributed by atoms with Crippen LogP contribution in [-0.4, -0.2) is 104 Å². The summed E-state index contributed by atoms with van der Waals surface area (Å²) in [5.74, 6) is 0.523. The van der Waals surface area contributed by atoms with E-state index in [0.717, 1.165) is 102 Å². The zero-order chi connectivity index (χ0) is 30.1. The van der Waals surface area contributed by atoms with Gasteiger partial charge < -0.3 is 19.8 Å². The fourth-order valence-electron chi connectivity index (χ4n) is 8.07. The fourth-order valence-corrected chi connectivity index (χ4v) is 8.07. The van der Waals surface area contributed by atoms with Gasteiger partial charge in [-0.1, -0.05) is 30.3 Å². The van der Waals surface area contributed by atoms with E-state index in [1.807, 2.05) is 24.8 Å². The molecule has 4 fully saturated rings. The Labute approximate surface area is 256 Å². The number of carbonyl (C=O) groups excluding carboxylic acids is 2. The maximum absolute atomic E-state index is 14.0. The number of aliphatic hydroxyl groups excluding tert-OH is 1. The second-order valence-corrected chi connectivity index (χ2v) is 13.6. The van der Waals surface area contributed by atoms with Crippen molar-refractivity contribution in [1.29, 1.82) is 0 Å². The van der Waals surface area contributed by atoms with Gasteiger partial charge in [-0.3, -0.25) is 9.69 Å². The van der Waals surface area contributed by atoms with Crippen LogP contribution in [0.15, 0.2) is 36.7 Å². The summed E-state index contributed by atoms with van der Waals surface area (Å²) in [5, 5.41) is 9.97. The van der Waals surface area contributed by atoms with E-state index in [1.54, 1.807) is 0 Å². The number of nitrogens with zero attached hydrogens (tertiary/aromatic N) is 6. The second kappa shape index (κ2) is 12.5. The minimum atomic E-state index is -0.175. The van der Waals surface area contributed by atoms with Crippen molar-refractivity contribution in [3.8, 4) is 0 Å². The maximum Gasteiger partial charge on any atom is 0.320 e. The highest BCUT2D eigenvalue weighted by Gasteiger charge is 2.45. The van der Waals surface area contributed by atoms with Crippen molar-refractivity contribution in [3.05, 3.63) is 59.2 Å². The van der Waals surface area contributed by atoms with E-state index >= 15 is 0 Å². The largest absolute Gasteiger partial charge is 0.393 e. The normalized spacial score (nSPS) is 27.1. The predicted molar refractivity (Wildman–Crippen MR) is 166 cm³/mol. The molecule has 0 spiro atoms. The number of likely N-dealkylation sites (tertiary alicyclic amines) is 2. The van der Waals surface area contributed by atoms with Crippen LogP contribution in [0, 0.1) is 19.8 Å². The van der Waals surface area contributed by atoms with Gasteiger partial charge in [-0.25, -0.2) is 14.8 Å². The van der Waals surface area contributed by atoms with Gasteiger partial charge in [-0.05, 0) is 83.6 Å². The average molecular weight is 589 g/mol. The van der Waals surface area contributed by atoms with E-state index in [1.165, 1.54) is 11.9 Å². The molecule has 1 aromatic heterocycles. The van der Waals surface area contributed by atoms with Gasteiger partial charge in [0, 0.05) is 50.8 Å². The van der Waals surface area contributed by atoms with Gasteiger partial charge >= 0.3 is 6.03 Å². The van der Waals surface area contributed by atoms with Crippen LogP contribution in [0.3, 0.4) is 0 Å². The quantitative estimate of drug-likeness (QED) is 0.531. The van der Waals surface area contributed by atoms with Crippen LogP contribution in [-0.2, 0) is 0 Å². The number of carbonyl (C=O) groups is 2. The Balaban J connectivity index is 1.09. The molecule has 1 N–H and O–H groups in total. The first kappa shape index (κ1) is 30.0. The predicted octanol–water partition coefficient (Wildman–Crippen LogP) is 4.58. The number of amides is 3. The molecule has 0 radical (unpaired) electrons. The summed E-state index contributed by atoms with van der Waals surface area (Å²) in [6.07, 6.45) is 8.86. The number of aromatic nitrogens is 2. The average Bonchev–Trinajstić information content (AvgIpc) is 3.34. The molecule has 3 amide bonds. The molecule has 6 rings (SSSR count). The first-order valence-electron chi connectivity index (χ1n) is 16.4. The third kappa shape index (κ3) is 6.16. The highest BCUT2D eigenvalue weighted by Crippen LogP contribution is 2.38. The van der Waals surface area contributed by atoms with Crippen molar-refractivity contribution in [2.24, 2.45) is 5.92 Å². The third-order valence-corrected chi connectivity index (χ3v) is 10.9. The molecule has 3 aliphatic heterocycles. The lowest BCUT2D eigenvalue weighted by molar-refractivity contribution is 0.00488. The number of benzene rings is 1. The number of hydrogen-bond donors (Lipinski definition) is 1. The monoisotopic (exact) mass is 588 g/mol. The van der Waals surface area contributed by atoms with Gasteiger partial charge in [-0.15, -0.1) is 0 Å². The smallest absolute Gasteiger partial charge is 0.320 e. The topological polar surface area (TPSA) is 93.1 Å². The van der Waals surface area contributed by atoms with Crippen LogP contribution in [0.2, 0.25) is 0 Å². The lowest BCUT2D eigenvalue weighted by atomic mass is 9.85. The standard InChI is InChI=1S/C34H48N6O3/c1-24-31(25(2)36-23-35-24)32(42)37-19-15-34(3,16-20-37)39-17-13-28(14-18-39)40-30(27-7-5-4-6-8-27)22-38(33(40)43)21-26-9-11-29(41)12-10-26/h4-8,23,26,28-30,41H,9-22H2,1-3H3/t26?,29?,30-/m0/s1. The van der Waals surface area contributed by atoms with Crippen molar-refractivity contribution in [2.45, 2.75) is 95.9 Å². The van der Waals surface area contributed by atoms with Crippen LogP contribution in [0.5, 0.6) is 0 Å². The van der Waals surface area contributed by atoms with E-state index in [2.05, 4.69) is 55.9 Å². The lowest BCUT2D eigenvalue weighted by Crippen LogP contribution is -2.58. The van der Waals surface area contributed by atoms with Crippen molar-refractivity contribution in [2.75, 3.05) is 39.3 Å². The molecular formula is C34H48N6O3. The molecular weight excluding hydrogens is 540 g/mol. The Morgan fingerprint density at radius 2 is 1.56 bits per heavy atom. The summed E-state index contributed by atoms with van der Waals surface area (Å²) < 4.78 is 0. The zero-order valence-corrected chi connectivity index (χ0v) is 26.1. The van der Waals surface area contributed by atoms with Crippen LogP contribution in [0.25, 0.3) is 0 Å². The number of aliphatic hydroxyl groups is 1. The maximum atomic E-state index is 14.0. The Bertz CT molecular complexity index is 1260. The molecule has 3 saturated heterocycles. The van der Waals surface area contributed by atoms with Crippen LogP contribution in [0.1, 0.15) is 91.6 Å². The van der Waals surface area contributed by atoms with Crippen molar-refractivity contribution in [1.82, 2.24) is 29.6 Å². The van der Waals surface area contributed by atoms with Gasteiger partial charge in [0.15, 0.2) is 0 Å². The minimum Gasteiger partial charge on any atom is -0.393 e. The van der Waals surface area contributed by atoms with Crippen LogP contribution in [0.4, 0.5) is 4.79 Å². The van der Waals surface area contributed by atoms with Gasteiger partial charge in [-0.2, -0.15) is 0 Å². The molecule has 1 aromatic carbocycles. The van der Waals surface area contributed by atoms with Gasteiger partial charge in [0.2, 0.25) is 0 Å². The summed E-state index contributed by atoms with van der Waals surface area (Å²) in [6, 6.07) is 11.0. The summed E-state index contributed by atoms with van der Waals surface area (Å²) in [5.41, 5.74) is 3.40. The fraction of sp³-hybridized carbons (Fsp3) is 0.647. The lowest BCUT2D eigenvalue weighted by Gasteiger charge is -2.50. The third-order valence-electron chi connectivity index (χ3n) is 10.9. The molecule has 1 atom stereocenters. The highest BCUT2D eigenvalue weighted by molar-refractivity contribution is 5.96. The van der Waals surface area contributed by atoms with E-state index in [0.29, 0.717) is 11.5 Å². The zero-order valence-electron chi connectivity index (χ0n) is 26.1. The minimum absolute atomic E-state index is 0.0461. The van der Waals surface area contributed by atoms with E-state index in [9.17, 15) is 14.7 Å². The Morgan fingerprint density at radius 1 is 0.930 bits per heavy atom. The second-order valence-electron chi connectivity index (χ2n) is 13.6. The Hall–Kier alpha value is -3.04. The van der Waals surface area contributed by atoms with Crippen molar-refractivity contribution < 1.29 is 14.7 Å². The Kier molecular flexibility index (Phi) is 8.74. The summed E-state index contributed by atoms with van der Waals surface area (Å²) in [4.78, 5) is 44.7. The van der Waals surface area contributed by atoms with Crippen LogP contribution < -0.4 is 0 Å². The number of rotatable bonds is 6. The molecule has 1 saturated carbocycles. The molecule has 0 bridgehead atoms. The molecule has 1 aliphatic carbocycles. The molecule has 0 unspecified atom stereocenters. The molecule has 9 heteroatoms. The molecule has 232 valence electrons. The van der Waals surface area contributed by atoms with Crippen molar-refractivity contribution in [3.63, 3.8) is 0 Å². The molecule has 2 aromatic rings. The summed E-state index contributed by atoms with van der Waals surface area (Å²) in [7, 11) is 0. The van der Waals surface area contributed by atoms with Gasteiger partial charge in [0.05, 0.1) is 29.1 Å². The van der Waals surface area contributed by atoms with Crippen molar-refractivity contribution >= 4 is 11.9 Å². The number of hydrogen-bond acceptors (Lipinski definition) is 6. The summed E-state index contributed by atoms with van der Waals surface area (Å²) in [6.45, 7) is 11.1. The SMILES string of the molecule is Cc1ncnc(C)c1C(=O)N1CCC(C)(N2CCC(N3C(=O)N(CC4CCC(O)CC4)C[C@H]3c3ccccc3)CC2)CC1. The summed E-state index contributed by atoms with van der Waals surface area (Å²) >= 11 is 0. The number of urea groups is 1. The van der Waals surface area contributed by atoms with E-state index in [-0.39, 0.29) is 35.7 Å². The first-order valence-corrected chi connectivity index (χ1v) is 16.4. The van der Waals surface area contributed by atoms with E-state index in [4.69, 9.17) is 0 Å². The van der Waals surface area contributed by atoms with Crippen LogP contribution >= 0.6 is 0 Å². The molecule has 4 heterocycles. The molecule has 43 heavy (non-hydrogen) atoms. The first-order chi connectivity index (χ1) is 20.7. The highest BCUT2D eigenvalue weighted by atomic mass is 16.3. The molecule has 4 aliphatic rings. The number of aryl methyl sites for hydroxylation is 2. The van der Waals surface area contributed by atoms with E-state index < -0.39 is 0 Å². The molecule has 9 nitrogen and oxygen atoms in total. The van der Waals surface area contributed by atoms with Gasteiger partial charge in [0.1, 0.15) is 6.33 Å². The number of piperidine rings is 2.